The largest absolute Gasteiger partial charge is 0.438 e. The van der Waals surface area contributed by atoms with Crippen molar-refractivity contribution < 1.29 is 22.7 Å². The first-order chi connectivity index (χ1) is 17.1. The smallest absolute Gasteiger partial charge is 0.406 e. The van der Waals surface area contributed by atoms with E-state index in [9.17, 15) is 18.0 Å². The molecule has 0 radical (unpaired) electrons. The Morgan fingerprint density at radius 3 is 2.47 bits per heavy atom. The Morgan fingerprint density at radius 1 is 1.14 bits per heavy atom. The number of amides is 1. The number of nitrogens with two attached hydrogens (primary N) is 1. The maximum absolute atomic E-state index is 13.6. The first-order valence-electron chi connectivity index (χ1n) is 11.7. The van der Waals surface area contributed by atoms with E-state index >= 15 is 0 Å². The van der Waals surface area contributed by atoms with Gasteiger partial charge in [0.2, 0.25) is 5.69 Å². The highest BCUT2D eigenvalue weighted by molar-refractivity contribution is 5.70. The number of rotatable bonds is 7. The van der Waals surface area contributed by atoms with Gasteiger partial charge in [-0.3, -0.25) is 4.68 Å². The second-order valence-corrected chi connectivity index (χ2v) is 8.91. The summed E-state index contributed by atoms with van der Waals surface area (Å²) in [4.78, 5) is 18.9. The van der Waals surface area contributed by atoms with Crippen LogP contribution in [0.2, 0.25) is 0 Å². The molecule has 3 heterocycles. The fourth-order valence-corrected chi connectivity index (χ4v) is 4.40. The van der Waals surface area contributed by atoms with E-state index < -0.39 is 23.7 Å². The molecule has 3 aromatic rings. The Hall–Kier alpha value is -3.60. The number of halogens is 3. The number of hydrogen-bond donors (Lipinski definition) is 2. The Morgan fingerprint density at radius 2 is 1.83 bits per heavy atom. The molecule has 36 heavy (non-hydrogen) atoms. The standard InChI is InChI=1S/C25H29F3N6O2/c1-16-9-19(12-29)10-17(2)20(16)13-31-24(35)36-21-15-34(32-23(21)25(26,27)28)14-18-5-6-30-22(11-18)33-7-3-4-8-33/h5-6,9-11,15H,3-4,7-8,12-14,29H2,1-2H3,(H,31,35). The number of hydrogen-bond acceptors (Lipinski definition) is 6. The lowest BCUT2D eigenvalue weighted by Crippen LogP contribution is -2.27. The summed E-state index contributed by atoms with van der Waals surface area (Å²) < 4.78 is 47.1. The van der Waals surface area contributed by atoms with E-state index in [2.05, 4.69) is 20.3 Å². The second kappa shape index (κ2) is 10.6. The van der Waals surface area contributed by atoms with Crippen molar-refractivity contribution in [2.24, 2.45) is 5.73 Å². The van der Waals surface area contributed by atoms with Gasteiger partial charge in [0.1, 0.15) is 5.82 Å². The lowest BCUT2D eigenvalue weighted by Gasteiger charge is -2.16. The zero-order chi connectivity index (χ0) is 25.9. The van der Waals surface area contributed by atoms with Crippen LogP contribution in [-0.2, 0) is 25.8 Å². The highest BCUT2D eigenvalue weighted by Gasteiger charge is 2.39. The fourth-order valence-electron chi connectivity index (χ4n) is 4.40. The highest BCUT2D eigenvalue weighted by Crippen LogP contribution is 2.35. The van der Waals surface area contributed by atoms with E-state index in [1.165, 1.54) is 0 Å². The number of ether oxygens (including phenoxy) is 1. The summed E-state index contributed by atoms with van der Waals surface area (Å²) in [5.41, 5.74) is 8.82. The molecule has 1 saturated heterocycles. The van der Waals surface area contributed by atoms with Crippen LogP contribution in [0, 0.1) is 13.8 Å². The van der Waals surface area contributed by atoms with E-state index in [-0.39, 0.29) is 13.1 Å². The molecule has 1 fully saturated rings. The minimum absolute atomic E-state index is 0.0727. The van der Waals surface area contributed by atoms with Gasteiger partial charge in [-0.2, -0.15) is 18.3 Å². The normalized spacial score (nSPS) is 13.8. The zero-order valence-electron chi connectivity index (χ0n) is 20.2. The third kappa shape index (κ3) is 5.96. The Bertz CT molecular complexity index is 1210. The number of carbonyl (C=O) groups excluding carboxylic acids is 1. The average Bonchev–Trinajstić information content (AvgIpc) is 3.49. The van der Waals surface area contributed by atoms with Crippen molar-refractivity contribution in [3.63, 3.8) is 0 Å². The van der Waals surface area contributed by atoms with Gasteiger partial charge in [0.05, 0.1) is 12.7 Å². The van der Waals surface area contributed by atoms with Gasteiger partial charge in [-0.1, -0.05) is 12.1 Å². The number of aryl methyl sites for hydroxylation is 2. The lowest BCUT2D eigenvalue weighted by atomic mass is 9.99. The van der Waals surface area contributed by atoms with Gasteiger partial charge in [-0.15, -0.1) is 0 Å². The maximum atomic E-state index is 13.6. The summed E-state index contributed by atoms with van der Waals surface area (Å²) in [7, 11) is 0. The third-order valence-corrected chi connectivity index (χ3v) is 6.18. The van der Waals surface area contributed by atoms with Crippen LogP contribution in [0.15, 0.2) is 36.7 Å². The molecule has 1 amide bonds. The van der Waals surface area contributed by atoms with Crippen molar-refractivity contribution >= 4 is 11.9 Å². The molecule has 1 aliphatic rings. The van der Waals surface area contributed by atoms with E-state index in [1.807, 2.05) is 32.0 Å². The van der Waals surface area contributed by atoms with Crippen molar-refractivity contribution in [1.82, 2.24) is 20.1 Å². The van der Waals surface area contributed by atoms with Crippen molar-refractivity contribution in [2.75, 3.05) is 18.0 Å². The SMILES string of the molecule is Cc1cc(CN)cc(C)c1CNC(=O)Oc1cn(Cc2ccnc(N3CCCC3)c2)nc1C(F)(F)F. The summed E-state index contributed by atoms with van der Waals surface area (Å²) >= 11 is 0. The van der Waals surface area contributed by atoms with Gasteiger partial charge < -0.3 is 20.7 Å². The summed E-state index contributed by atoms with van der Waals surface area (Å²) in [6.45, 7) is 6.14. The van der Waals surface area contributed by atoms with Gasteiger partial charge in [0.15, 0.2) is 5.75 Å². The molecule has 0 bridgehead atoms. The van der Waals surface area contributed by atoms with Crippen molar-refractivity contribution in [2.45, 2.75) is 52.5 Å². The lowest BCUT2D eigenvalue weighted by molar-refractivity contribution is -0.142. The van der Waals surface area contributed by atoms with Crippen molar-refractivity contribution in [1.29, 1.82) is 0 Å². The van der Waals surface area contributed by atoms with E-state index in [4.69, 9.17) is 10.5 Å². The van der Waals surface area contributed by atoms with Gasteiger partial charge in [-0.25, -0.2) is 9.78 Å². The van der Waals surface area contributed by atoms with Crippen LogP contribution in [0.1, 0.15) is 46.4 Å². The molecule has 4 rings (SSSR count). The molecular formula is C25H29F3N6O2. The van der Waals surface area contributed by atoms with Crippen LogP contribution in [0.3, 0.4) is 0 Å². The number of carbonyl (C=O) groups is 1. The number of benzene rings is 1. The Kier molecular flexibility index (Phi) is 7.48. The number of anilines is 1. The van der Waals surface area contributed by atoms with Crippen molar-refractivity contribution in [3.8, 4) is 5.75 Å². The summed E-state index contributed by atoms with van der Waals surface area (Å²) in [6, 6.07) is 7.39. The highest BCUT2D eigenvalue weighted by atomic mass is 19.4. The zero-order valence-corrected chi connectivity index (χ0v) is 20.2. The second-order valence-electron chi connectivity index (χ2n) is 8.91. The third-order valence-electron chi connectivity index (χ3n) is 6.18. The van der Waals surface area contributed by atoms with Gasteiger partial charge in [0, 0.05) is 32.4 Å². The minimum atomic E-state index is -4.79. The summed E-state index contributed by atoms with van der Waals surface area (Å²) in [5.74, 6) is 0.134. The topological polar surface area (TPSA) is 98.3 Å². The monoisotopic (exact) mass is 502 g/mol. The molecule has 1 aromatic carbocycles. The van der Waals surface area contributed by atoms with Gasteiger partial charge in [-0.05, 0) is 66.6 Å². The van der Waals surface area contributed by atoms with Crippen LogP contribution in [0.5, 0.6) is 5.75 Å². The van der Waals surface area contributed by atoms with Gasteiger partial charge in [0.25, 0.3) is 0 Å². The summed E-state index contributed by atoms with van der Waals surface area (Å²) in [5, 5.41) is 6.20. The minimum Gasteiger partial charge on any atom is -0.406 e. The molecule has 0 spiro atoms. The molecule has 0 atom stereocenters. The van der Waals surface area contributed by atoms with Crippen LogP contribution >= 0.6 is 0 Å². The van der Waals surface area contributed by atoms with Crippen LogP contribution in [0.25, 0.3) is 0 Å². The first-order valence-corrected chi connectivity index (χ1v) is 11.7. The Labute approximate surface area is 207 Å². The molecule has 11 heteroatoms. The number of nitrogens with zero attached hydrogens (tertiary/aromatic N) is 4. The van der Waals surface area contributed by atoms with Crippen molar-refractivity contribution in [3.05, 3.63) is 70.2 Å². The van der Waals surface area contributed by atoms with Crippen LogP contribution < -0.4 is 20.7 Å². The van der Waals surface area contributed by atoms with E-state index in [0.29, 0.717) is 6.54 Å². The number of alkyl halides is 3. The Balaban J connectivity index is 1.47. The molecule has 0 saturated carbocycles. The molecule has 0 unspecified atom stereocenters. The van der Waals surface area contributed by atoms with Crippen LogP contribution in [-0.4, -0.2) is 33.9 Å². The number of pyridine rings is 1. The molecule has 8 nitrogen and oxygen atoms in total. The summed E-state index contributed by atoms with van der Waals surface area (Å²) in [6.07, 6.45) is -0.897. The number of aromatic nitrogens is 3. The molecule has 192 valence electrons. The predicted molar refractivity (Wildman–Crippen MR) is 129 cm³/mol. The molecule has 3 N–H and O–H groups in total. The van der Waals surface area contributed by atoms with Crippen LogP contribution in [0.4, 0.5) is 23.8 Å². The average molecular weight is 503 g/mol. The molecule has 2 aromatic heterocycles. The van der Waals surface area contributed by atoms with E-state index in [1.54, 1.807) is 12.3 Å². The fraction of sp³-hybridized carbons (Fsp3) is 0.400. The molecule has 0 aliphatic carbocycles. The van der Waals surface area contributed by atoms with Gasteiger partial charge >= 0.3 is 12.3 Å². The first kappa shape index (κ1) is 25.5. The molecular weight excluding hydrogens is 473 g/mol. The molecule has 1 aliphatic heterocycles. The predicted octanol–water partition coefficient (Wildman–Crippen LogP) is 4.31. The quantitative estimate of drug-likeness (QED) is 0.500. The maximum Gasteiger partial charge on any atom is 0.438 e. The van der Waals surface area contributed by atoms with E-state index in [0.717, 1.165) is 70.4 Å². The number of nitrogens with one attached hydrogen (secondary N) is 1.